The molecule has 9 nitrogen and oxygen atoms in total. The number of rotatable bonds is 5. The fourth-order valence-electron chi connectivity index (χ4n) is 4.65. The first kappa shape index (κ1) is 21.8. The van der Waals surface area contributed by atoms with E-state index in [0.29, 0.717) is 0 Å². The molecule has 0 aromatic heterocycles. The third-order valence-corrected chi connectivity index (χ3v) is 6.48. The highest BCUT2D eigenvalue weighted by Gasteiger charge is 2.78. The Morgan fingerprint density at radius 2 is 1.79 bits per heavy atom. The molecule has 3 rings (SSSR count). The summed E-state index contributed by atoms with van der Waals surface area (Å²) in [6.07, 6.45) is -5.50. The second-order valence-electron chi connectivity index (χ2n) is 8.76. The van der Waals surface area contributed by atoms with Crippen molar-refractivity contribution in [3.05, 3.63) is 12.2 Å². The van der Waals surface area contributed by atoms with Crippen LogP contribution in [0.4, 0.5) is 0 Å². The first-order valence-electron chi connectivity index (χ1n) is 9.44. The van der Waals surface area contributed by atoms with Crippen LogP contribution in [0.25, 0.3) is 0 Å². The van der Waals surface area contributed by atoms with Gasteiger partial charge in [-0.1, -0.05) is 13.8 Å². The Balaban J connectivity index is 1.80. The summed E-state index contributed by atoms with van der Waals surface area (Å²) in [5.41, 5.74) is -2.36. The molecule has 0 bridgehead atoms. The van der Waals surface area contributed by atoms with E-state index < -0.39 is 66.1 Å². The quantitative estimate of drug-likeness (QED) is 0.277. The number of aliphatic hydroxyl groups excluding tert-OH is 5. The highest BCUT2D eigenvalue weighted by atomic mass is 16.7. The molecule has 9 atom stereocenters. The first-order chi connectivity index (χ1) is 12.9. The van der Waals surface area contributed by atoms with Gasteiger partial charge in [-0.15, -0.1) is 0 Å². The van der Waals surface area contributed by atoms with Gasteiger partial charge in [-0.2, -0.15) is 0 Å². The molecule has 28 heavy (non-hydrogen) atoms. The highest BCUT2D eigenvalue weighted by Crippen LogP contribution is 2.66. The number of carbonyl (C=O) groups excluding carboxylic acids is 1. The van der Waals surface area contributed by atoms with Gasteiger partial charge in [-0.25, -0.2) is 0 Å². The van der Waals surface area contributed by atoms with E-state index in [4.69, 9.17) is 14.2 Å². The molecule has 1 aliphatic carbocycles. The highest BCUT2D eigenvalue weighted by molar-refractivity contribution is 5.87. The zero-order valence-corrected chi connectivity index (χ0v) is 16.5. The van der Waals surface area contributed by atoms with Gasteiger partial charge in [0.2, 0.25) is 0 Å². The van der Waals surface area contributed by atoms with E-state index in [1.54, 1.807) is 19.9 Å². The Labute approximate surface area is 163 Å². The smallest absolute Gasteiger partial charge is 0.187 e. The van der Waals surface area contributed by atoms with Gasteiger partial charge >= 0.3 is 0 Å². The molecule has 9 heteroatoms. The van der Waals surface area contributed by atoms with Crippen LogP contribution in [0.1, 0.15) is 34.1 Å². The second-order valence-corrected chi connectivity index (χ2v) is 8.76. The van der Waals surface area contributed by atoms with Crippen LogP contribution in [0, 0.1) is 5.41 Å². The zero-order valence-electron chi connectivity index (χ0n) is 16.5. The van der Waals surface area contributed by atoms with Gasteiger partial charge in [0.15, 0.2) is 12.1 Å². The summed E-state index contributed by atoms with van der Waals surface area (Å²) in [5.74, 6) is -0.128. The molecule has 0 spiro atoms. The Hall–Kier alpha value is -0.910. The average Bonchev–Trinajstić information content (AvgIpc) is 3.25. The van der Waals surface area contributed by atoms with Gasteiger partial charge in [0.05, 0.1) is 18.8 Å². The molecule has 3 aliphatic rings. The lowest BCUT2D eigenvalue weighted by Gasteiger charge is -2.47. The van der Waals surface area contributed by atoms with Gasteiger partial charge in [-0.3, -0.25) is 4.79 Å². The molecule has 2 heterocycles. The number of aliphatic hydroxyl groups is 5. The largest absolute Gasteiger partial charge is 0.394 e. The van der Waals surface area contributed by atoms with Crippen molar-refractivity contribution < 1.29 is 44.5 Å². The molecule has 0 aromatic rings. The maximum Gasteiger partial charge on any atom is 0.187 e. The monoisotopic (exact) mass is 402 g/mol. The fourth-order valence-corrected chi connectivity index (χ4v) is 4.65. The first-order valence-corrected chi connectivity index (χ1v) is 9.44. The molecule has 0 aromatic carbocycles. The molecule has 3 fully saturated rings. The number of hydrogen-bond donors (Lipinski definition) is 5. The van der Waals surface area contributed by atoms with Crippen molar-refractivity contribution in [3.63, 3.8) is 0 Å². The Morgan fingerprint density at radius 3 is 2.36 bits per heavy atom. The minimum absolute atomic E-state index is 0.128. The summed E-state index contributed by atoms with van der Waals surface area (Å²) in [6, 6.07) is 0. The van der Waals surface area contributed by atoms with E-state index in [0.717, 1.165) is 0 Å². The number of fused-ring (bicyclic) bond motifs is 1. The summed E-state index contributed by atoms with van der Waals surface area (Å²) in [7, 11) is 0. The van der Waals surface area contributed by atoms with E-state index in [1.165, 1.54) is 13.0 Å². The lowest BCUT2D eigenvalue weighted by molar-refractivity contribution is -0.323. The summed E-state index contributed by atoms with van der Waals surface area (Å²) >= 11 is 0. The Bertz CT molecular complexity index is 647. The van der Waals surface area contributed by atoms with Crippen LogP contribution in [-0.2, 0) is 19.0 Å². The van der Waals surface area contributed by atoms with Crippen molar-refractivity contribution in [2.75, 3.05) is 6.61 Å². The predicted octanol–water partition coefficient (Wildman–Crippen LogP) is -1.36. The van der Waals surface area contributed by atoms with Crippen molar-refractivity contribution in [3.8, 4) is 0 Å². The van der Waals surface area contributed by atoms with Crippen molar-refractivity contribution in [1.29, 1.82) is 0 Å². The molecule has 2 aliphatic heterocycles. The number of hydrogen-bond acceptors (Lipinski definition) is 9. The third-order valence-electron chi connectivity index (χ3n) is 6.48. The van der Waals surface area contributed by atoms with Gasteiger partial charge in [0.25, 0.3) is 0 Å². The molecule has 160 valence electrons. The lowest BCUT2D eigenvalue weighted by Crippen LogP contribution is -2.62. The van der Waals surface area contributed by atoms with Crippen LogP contribution >= 0.6 is 0 Å². The van der Waals surface area contributed by atoms with Gasteiger partial charge in [-0.05, 0) is 26.0 Å². The number of carbonyl (C=O) groups is 1. The maximum atomic E-state index is 11.4. The number of allylic oxidation sites excluding steroid dienone is 1. The minimum atomic E-state index is -1.56. The molecular weight excluding hydrogens is 372 g/mol. The van der Waals surface area contributed by atoms with E-state index in [9.17, 15) is 30.3 Å². The number of ether oxygens (including phenoxy) is 3. The summed E-state index contributed by atoms with van der Waals surface area (Å²) in [5, 5.41) is 50.3. The minimum Gasteiger partial charge on any atom is -0.394 e. The van der Waals surface area contributed by atoms with Crippen molar-refractivity contribution in [2.24, 2.45) is 5.41 Å². The van der Waals surface area contributed by atoms with Crippen LogP contribution in [0.3, 0.4) is 0 Å². The molecule has 0 radical (unpaired) electrons. The van der Waals surface area contributed by atoms with Crippen LogP contribution in [-0.4, -0.2) is 92.0 Å². The Morgan fingerprint density at radius 1 is 1.14 bits per heavy atom. The molecule has 0 amide bonds. The number of ketones is 1. The SMILES string of the molecule is CC(=O)/C=C/[C@@]12O[C@]1(C)C[C@@H](O[C@@H]1O[C@H](CO)[C@@H](O)[C@@H](O)[C@H]1O)[C@@H](O)C2(C)C. The van der Waals surface area contributed by atoms with E-state index in [2.05, 4.69) is 0 Å². The van der Waals surface area contributed by atoms with E-state index in [1.807, 2.05) is 6.92 Å². The van der Waals surface area contributed by atoms with Crippen LogP contribution in [0.15, 0.2) is 12.2 Å². The fraction of sp³-hybridized carbons (Fsp3) is 0.842. The van der Waals surface area contributed by atoms with Crippen LogP contribution in [0.2, 0.25) is 0 Å². The van der Waals surface area contributed by atoms with Crippen molar-refractivity contribution >= 4 is 5.78 Å². The van der Waals surface area contributed by atoms with Crippen LogP contribution in [0.5, 0.6) is 0 Å². The third kappa shape index (κ3) is 3.14. The summed E-state index contributed by atoms with van der Waals surface area (Å²) in [4.78, 5) is 11.4. The summed E-state index contributed by atoms with van der Waals surface area (Å²) in [6.45, 7) is 6.33. The maximum absolute atomic E-state index is 11.4. The van der Waals surface area contributed by atoms with Gasteiger partial charge in [0.1, 0.15) is 35.6 Å². The summed E-state index contributed by atoms with van der Waals surface area (Å²) < 4.78 is 17.2. The standard InChI is InChI=1S/C19H30O9/c1-9(21)5-6-19-17(2,3)15(25)10(7-18(19,4)28-19)26-16-14(24)13(23)12(22)11(8-20)27-16/h5-6,10-16,20,22-25H,7-8H2,1-4H3/b6-5+/t10-,11-,12-,13-,14-,15-,16-,18-,19+/m1/s1. The Kier molecular flexibility index (Phi) is 5.53. The van der Waals surface area contributed by atoms with E-state index in [-0.39, 0.29) is 12.2 Å². The van der Waals surface area contributed by atoms with Crippen LogP contribution < -0.4 is 0 Å². The molecule has 0 unspecified atom stereocenters. The van der Waals surface area contributed by atoms with Gasteiger partial charge in [0, 0.05) is 11.8 Å². The number of epoxide rings is 1. The molecule has 2 saturated heterocycles. The molecule has 1 saturated carbocycles. The molecular formula is C19H30O9. The predicted molar refractivity (Wildman–Crippen MR) is 95.1 cm³/mol. The zero-order chi connectivity index (χ0) is 21.1. The normalized spacial score (nSPS) is 50.4. The van der Waals surface area contributed by atoms with Gasteiger partial charge < -0.3 is 39.7 Å². The second kappa shape index (κ2) is 7.10. The molecule has 5 N–H and O–H groups in total. The average molecular weight is 402 g/mol. The van der Waals surface area contributed by atoms with Crippen molar-refractivity contribution in [2.45, 2.75) is 88.2 Å². The topological polar surface area (TPSA) is 149 Å². The lowest BCUT2D eigenvalue weighted by atomic mass is 9.61. The van der Waals surface area contributed by atoms with E-state index >= 15 is 0 Å². The van der Waals surface area contributed by atoms with Crippen molar-refractivity contribution in [1.82, 2.24) is 0 Å².